The summed E-state index contributed by atoms with van der Waals surface area (Å²) in [5.74, 6) is 1.25. The number of carbonyl (C=O) groups is 1. The Hall–Kier alpha value is -0.410. The molecule has 1 saturated heterocycles. The second kappa shape index (κ2) is 4.82. The Balaban J connectivity index is 1.73. The Morgan fingerprint density at radius 2 is 1.61 bits per heavy atom. The third kappa shape index (κ3) is 1.87. The largest absolute Gasteiger partial charge is 0.347 e. The summed E-state index contributed by atoms with van der Waals surface area (Å²) >= 11 is 0. The molecule has 0 bridgehead atoms. The molecule has 3 saturated carbocycles. The summed E-state index contributed by atoms with van der Waals surface area (Å²) in [6.07, 6.45) is 7.41. The molecule has 0 aromatic rings. The predicted molar refractivity (Wildman–Crippen MR) is 88.9 cm³/mol. The van der Waals surface area contributed by atoms with Gasteiger partial charge in [-0.25, -0.2) is 0 Å². The van der Waals surface area contributed by atoms with Crippen molar-refractivity contribution in [2.45, 2.75) is 78.4 Å². The van der Waals surface area contributed by atoms with Crippen LogP contribution in [0.2, 0.25) is 0 Å². The molecule has 0 aromatic heterocycles. The minimum absolute atomic E-state index is 0.0122. The van der Waals surface area contributed by atoms with Gasteiger partial charge in [0.2, 0.25) is 0 Å². The number of ketones is 1. The van der Waals surface area contributed by atoms with Crippen LogP contribution in [0.15, 0.2) is 0 Å². The van der Waals surface area contributed by atoms with E-state index in [9.17, 15) is 4.79 Å². The molecule has 0 radical (unpaired) electrons. The van der Waals surface area contributed by atoms with E-state index in [4.69, 9.17) is 9.47 Å². The van der Waals surface area contributed by atoms with E-state index in [2.05, 4.69) is 27.7 Å². The molecule has 3 nitrogen and oxygen atoms in total. The van der Waals surface area contributed by atoms with Crippen molar-refractivity contribution in [1.29, 1.82) is 0 Å². The highest BCUT2D eigenvalue weighted by Gasteiger charge is 2.67. The summed E-state index contributed by atoms with van der Waals surface area (Å²) in [5.41, 5.74) is 0.174. The number of fused-ring (bicyclic) bond motifs is 3. The van der Waals surface area contributed by atoms with Gasteiger partial charge in [-0.1, -0.05) is 27.7 Å². The molecule has 130 valence electrons. The molecule has 23 heavy (non-hydrogen) atoms. The molecule has 1 aliphatic heterocycles. The zero-order valence-electron chi connectivity index (χ0n) is 15.2. The summed E-state index contributed by atoms with van der Waals surface area (Å²) in [6, 6.07) is 0. The maximum atomic E-state index is 12.7. The maximum Gasteiger partial charge on any atom is 0.173 e. The Kier molecular flexibility index (Phi) is 3.37. The summed E-state index contributed by atoms with van der Waals surface area (Å²) < 4.78 is 12.4. The highest BCUT2D eigenvalue weighted by atomic mass is 16.7. The predicted octanol–water partition coefficient (Wildman–Crippen LogP) is 4.34. The van der Waals surface area contributed by atoms with E-state index in [1.807, 2.05) is 0 Å². The Morgan fingerprint density at radius 1 is 0.913 bits per heavy atom. The quantitative estimate of drug-likeness (QED) is 0.666. The van der Waals surface area contributed by atoms with Crippen LogP contribution in [0.5, 0.6) is 0 Å². The maximum absolute atomic E-state index is 12.7. The minimum Gasteiger partial charge on any atom is -0.347 e. The Bertz CT molecular complexity index is 519. The van der Waals surface area contributed by atoms with E-state index in [1.165, 1.54) is 6.42 Å². The topological polar surface area (TPSA) is 35.5 Å². The van der Waals surface area contributed by atoms with Gasteiger partial charge >= 0.3 is 0 Å². The second-order valence-electron chi connectivity index (χ2n) is 9.55. The number of hydrogen-bond acceptors (Lipinski definition) is 3. The van der Waals surface area contributed by atoms with Gasteiger partial charge in [0.25, 0.3) is 0 Å². The van der Waals surface area contributed by atoms with Crippen LogP contribution in [0.25, 0.3) is 0 Å². The smallest absolute Gasteiger partial charge is 0.173 e. The lowest BCUT2D eigenvalue weighted by molar-refractivity contribution is -0.301. The molecule has 0 amide bonds. The van der Waals surface area contributed by atoms with E-state index in [0.29, 0.717) is 17.6 Å². The van der Waals surface area contributed by atoms with Crippen molar-refractivity contribution in [3.63, 3.8) is 0 Å². The SMILES string of the molecule is CC1(C)[C@@H]2CC[C@@]3(C)C(=O)CCC[C@@H]3[C@@]2(C)CCC12OCCO2. The molecule has 4 rings (SSSR count). The van der Waals surface area contributed by atoms with Crippen molar-refractivity contribution in [3.05, 3.63) is 0 Å². The summed E-state index contributed by atoms with van der Waals surface area (Å²) in [5, 5.41) is 0. The van der Waals surface area contributed by atoms with Gasteiger partial charge < -0.3 is 9.47 Å². The van der Waals surface area contributed by atoms with Crippen LogP contribution in [0.3, 0.4) is 0 Å². The first-order valence-electron chi connectivity index (χ1n) is 9.58. The fourth-order valence-electron chi connectivity index (χ4n) is 7.18. The van der Waals surface area contributed by atoms with Crippen molar-refractivity contribution in [2.75, 3.05) is 13.2 Å². The van der Waals surface area contributed by atoms with E-state index < -0.39 is 0 Å². The average molecular weight is 320 g/mol. The Labute approximate surface area is 140 Å². The van der Waals surface area contributed by atoms with Gasteiger partial charge in [0.15, 0.2) is 5.79 Å². The highest BCUT2D eigenvalue weighted by Crippen LogP contribution is 2.69. The summed E-state index contributed by atoms with van der Waals surface area (Å²) in [6.45, 7) is 10.9. The lowest BCUT2D eigenvalue weighted by Crippen LogP contribution is -2.65. The van der Waals surface area contributed by atoms with Crippen LogP contribution >= 0.6 is 0 Å². The van der Waals surface area contributed by atoms with Gasteiger partial charge in [-0.3, -0.25) is 4.79 Å². The van der Waals surface area contributed by atoms with Crippen LogP contribution in [-0.4, -0.2) is 24.8 Å². The first kappa shape index (κ1) is 16.1. The first-order valence-corrected chi connectivity index (χ1v) is 9.58. The molecule has 0 N–H and O–H groups in total. The summed E-state index contributed by atoms with van der Waals surface area (Å²) in [4.78, 5) is 12.7. The molecular weight excluding hydrogens is 288 g/mol. The number of hydrogen-bond donors (Lipinski definition) is 0. The molecule has 1 spiro atoms. The second-order valence-corrected chi connectivity index (χ2v) is 9.55. The third-order valence-electron chi connectivity index (χ3n) is 8.45. The number of rotatable bonds is 0. The first-order chi connectivity index (χ1) is 10.8. The van der Waals surface area contributed by atoms with Gasteiger partial charge in [-0.05, 0) is 49.4 Å². The van der Waals surface area contributed by atoms with Crippen LogP contribution in [0, 0.1) is 28.1 Å². The van der Waals surface area contributed by atoms with Crippen LogP contribution < -0.4 is 0 Å². The molecule has 1 heterocycles. The fraction of sp³-hybridized carbons (Fsp3) is 0.950. The van der Waals surface area contributed by atoms with Gasteiger partial charge in [0, 0.05) is 23.7 Å². The minimum atomic E-state index is -0.385. The van der Waals surface area contributed by atoms with Crippen LogP contribution in [0.4, 0.5) is 0 Å². The molecule has 0 unspecified atom stereocenters. The third-order valence-corrected chi connectivity index (χ3v) is 8.45. The van der Waals surface area contributed by atoms with Crippen molar-refractivity contribution < 1.29 is 14.3 Å². The zero-order chi connectivity index (χ0) is 16.5. The number of ether oxygens (including phenoxy) is 2. The van der Waals surface area contributed by atoms with Crippen molar-refractivity contribution in [2.24, 2.45) is 28.1 Å². The van der Waals surface area contributed by atoms with E-state index in [-0.39, 0.29) is 22.0 Å². The fourth-order valence-corrected chi connectivity index (χ4v) is 7.18. The van der Waals surface area contributed by atoms with Crippen molar-refractivity contribution in [3.8, 4) is 0 Å². The van der Waals surface area contributed by atoms with Crippen molar-refractivity contribution in [1.82, 2.24) is 0 Å². The molecule has 3 aliphatic carbocycles. The standard InChI is InChI=1S/C20H32O3/c1-17(2)14-8-9-19(4)15(6-5-7-16(19)21)18(14,3)10-11-20(17)22-12-13-23-20/h14-15H,5-13H2,1-4H3/t14-,15+,18-,19+/m0/s1. The molecular formula is C20H32O3. The highest BCUT2D eigenvalue weighted by molar-refractivity contribution is 5.85. The number of carbonyl (C=O) groups excluding carboxylic acids is 1. The average Bonchev–Trinajstić information content (AvgIpc) is 2.97. The molecule has 3 heteroatoms. The van der Waals surface area contributed by atoms with Gasteiger partial charge in [-0.2, -0.15) is 0 Å². The zero-order valence-corrected chi connectivity index (χ0v) is 15.2. The lowest BCUT2D eigenvalue weighted by atomic mass is 9.40. The van der Waals surface area contributed by atoms with E-state index >= 15 is 0 Å². The van der Waals surface area contributed by atoms with Gasteiger partial charge in [0.05, 0.1) is 13.2 Å². The lowest BCUT2D eigenvalue weighted by Gasteiger charge is -2.66. The van der Waals surface area contributed by atoms with E-state index in [0.717, 1.165) is 51.7 Å². The van der Waals surface area contributed by atoms with Gasteiger partial charge in [0.1, 0.15) is 5.78 Å². The van der Waals surface area contributed by atoms with Crippen LogP contribution in [0.1, 0.15) is 72.6 Å². The van der Waals surface area contributed by atoms with E-state index in [1.54, 1.807) is 0 Å². The van der Waals surface area contributed by atoms with Crippen LogP contribution in [-0.2, 0) is 14.3 Å². The summed E-state index contributed by atoms with van der Waals surface area (Å²) in [7, 11) is 0. The molecule has 4 fully saturated rings. The number of Topliss-reactive ketones (excluding diaryl/α,β-unsaturated/α-hetero) is 1. The normalized spacial score (nSPS) is 48.1. The van der Waals surface area contributed by atoms with Gasteiger partial charge in [-0.15, -0.1) is 0 Å². The molecule has 4 atom stereocenters. The molecule has 0 aromatic carbocycles. The molecule has 4 aliphatic rings. The van der Waals surface area contributed by atoms with Crippen molar-refractivity contribution >= 4 is 5.78 Å². The Morgan fingerprint density at radius 3 is 2.30 bits per heavy atom. The monoisotopic (exact) mass is 320 g/mol.